The average Bonchev–Trinajstić information content (AvgIpc) is 2.80. The predicted molar refractivity (Wildman–Crippen MR) is 76.2 cm³/mol. The fraction of sp³-hybridized carbons (Fsp3) is 0.429. The van der Waals surface area contributed by atoms with Gasteiger partial charge in [0, 0.05) is 19.2 Å². The van der Waals surface area contributed by atoms with Crippen molar-refractivity contribution in [1.82, 2.24) is 9.38 Å². The van der Waals surface area contributed by atoms with E-state index in [1.165, 1.54) is 0 Å². The van der Waals surface area contributed by atoms with Gasteiger partial charge in [-0.15, -0.1) is 0 Å². The molecule has 0 aliphatic carbocycles. The average molecular weight is 263 g/mol. The standard InChI is InChI=1S/C12H15N3O2.C2H6/c1-9-4-5-11-13-10(8-15(11)7-9)14-12(17)3-2-6-16;1-2/h4-5,7-8,16H,2-3,6H2,1H3,(H,14,17);1-2H3. The van der Waals surface area contributed by atoms with E-state index in [-0.39, 0.29) is 12.5 Å². The lowest BCUT2D eigenvalue weighted by Crippen LogP contribution is -2.11. The molecular weight excluding hydrogens is 242 g/mol. The van der Waals surface area contributed by atoms with E-state index in [9.17, 15) is 4.79 Å². The van der Waals surface area contributed by atoms with Crippen LogP contribution in [0, 0.1) is 6.92 Å². The largest absolute Gasteiger partial charge is 0.396 e. The van der Waals surface area contributed by atoms with E-state index < -0.39 is 0 Å². The Labute approximate surface area is 113 Å². The quantitative estimate of drug-likeness (QED) is 0.890. The van der Waals surface area contributed by atoms with Gasteiger partial charge in [0.15, 0.2) is 5.82 Å². The van der Waals surface area contributed by atoms with Gasteiger partial charge < -0.3 is 14.8 Å². The molecular formula is C14H21N3O2. The molecule has 0 saturated carbocycles. The van der Waals surface area contributed by atoms with Gasteiger partial charge in [-0.25, -0.2) is 4.98 Å². The van der Waals surface area contributed by atoms with Crippen molar-refractivity contribution in [3.8, 4) is 0 Å². The number of nitrogens with zero attached hydrogens (tertiary/aromatic N) is 2. The number of imidazole rings is 1. The molecule has 0 radical (unpaired) electrons. The molecule has 0 aromatic carbocycles. The van der Waals surface area contributed by atoms with E-state index in [1.807, 2.05) is 43.5 Å². The molecule has 19 heavy (non-hydrogen) atoms. The molecule has 2 heterocycles. The molecule has 2 aromatic rings. The molecule has 5 heteroatoms. The van der Waals surface area contributed by atoms with Crippen molar-refractivity contribution in [3.63, 3.8) is 0 Å². The second-order valence-electron chi connectivity index (χ2n) is 3.97. The van der Waals surface area contributed by atoms with Crippen LogP contribution in [0.1, 0.15) is 32.3 Å². The maximum atomic E-state index is 11.4. The van der Waals surface area contributed by atoms with Crippen molar-refractivity contribution >= 4 is 17.4 Å². The molecule has 0 saturated heterocycles. The van der Waals surface area contributed by atoms with E-state index in [0.29, 0.717) is 18.7 Å². The van der Waals surface area contributed by atoms with E-state index in [4.69, 9.17) is 5.11 Å². The van der Waals surface area contributed by atoms with Crippen LogP contribution in [0.3, 0.4) is 0 Å². The SMILES string of the molecule is CC.Cc1ccc2nc(NC(=O)CCCO)cn2c1. The lowest BCUT2D eigenvalue weighted by molar-refractivity contribution is -0.116. The highest BCUT2D eigenvalue weighted by Crippen LogP contribution is 2.11. The number of carbonyl (C=O) groups is 1. The first-order chi connectivity index (χ1) is 9.19. The molecule has 104 valence electrons. The van der Waals surface area contributed by atoms with Crippen LogP contribution in [0.15, 0.2) is 24.5 Å². The monoisotopic (exact) mass is 263 g/mol. The van der Waals surface area contributed by atoms with Crippen LogP contribution in [0.4, 0.5) is 5.82 Å². The van der Waals surface area contributed by atoms with Gasteiger partial charge in [0.2, 0.25) is 5.91 Å². The van der Waals surface area contributed by atoms with E-state index >= 15 is 0 Å². The van der Waals surface area contributed by atoms with Gasteiger partial charge >= 0.3 is 0 Å². The number of carbonyl (C=O) groups excluding carboxylic acids is 1. The lowest BCUT2D eigenvalue weighted by Gasteiger charge is -1.98. The molecule has 2 aromatic heterocycles. The minimum atomic E-state index is -0.126. The van der Waals surface area contributed by atoms with E-state index in [0.717, 1.165) is 11.2 Å². The van der Waals surface area contributed by atoms with Gasteiger partial charge in [-0.2, -0.15) is 0 Å². The van der Waals surface area contributed by atoms with E-state index in [2.05, 4.69) is 10.3 Å². The molecule has 2 rings (SSSR count). The van der Waals surface area contributed by atoms with Gasteiger partial charge in [0.05, 0.1) is 6.20 Å². The summed E-state index contributed by atoms with van der Waals surface area (Å²) in [5.41, 5.74) is 1.93. The highest BCUT2D eigenvalue weighted by Gasteiger charge is 2.05. The summed E-state index contributed by atoms with van der Waals surface area (Å²) >= 11 is 0. The Kier molecular flexibility index (Phi) is 6.02. The number of hydrogen-bond donors (Lipinski definition) is 2. The number of aliphatic hydroxyl groups excluding tert-OH is 1. The Hall–Kier alpha value is -1.88. The summed E-state index contributed by atoms with van der Waals surface area (Å²) in [5.74, 6) is 0.415. The summed E-state index contributed by atoms with van der Waals surface area (Å²) in [4.78, 5) is 15.7. The number of nitrogens with one attached hydrogen (secondary N) is 1. The van der Waals surface area contributed by atoms with Gasteiger partial charge in [0.25, 0.3) is 0 Å². The van der Waals surface area contributed by atoms with Crippen LogP contribution >= 0.6 is 0 Å². The molecule has 0 spiro atoms. The number of anilines is 1. The number of hydrogen-bond acceptors (Lipinski definition) is 3. The fourth-order valence-corrected chi connectivity index (χ4v) is 1.61. The summed E-state index contributed by atoms with van der Waals surface area (Å²) in [7, 11) is 0. The number of aryl methyl sites for hydroxylation is 1. The van der Waals surface area contributed by atoms with Crippen LogP contribution in [-0.2, 0) is 4.79 Å². The molecule has 0 bridgehead atoms. The van der Waals surface area contributed by atoms with Crippen molar-refractivity contribution in [2.45, 2.75) is 33.6 Å². The molecule has 5 nitrogen and oxygen atoms in total. The third-order valence-electron chi connectivity index (χ3n) is 2.43. The molecule has 1 amide bonds. The molecule has 0 fully saturated rings. The first-order valence-electron chi connectivity index (χ1n) is 6.55. The van der Waals surface area contributed by atoms with Crippen molar-refractivity contribution in [3.05, 3.63) is 30.1 Å². The maximum Gasteiger partial charge on any atom is 0.225 e. The minimum absolute atomic E-state index is 0.0256. The number of rotatable bonds is 4. The summed E-state index contributed by atoms with van der Waals surface area (Å²) in [5, 5.41) is 11.3. The number of pyridine rings is 1. The smallest absolute Gasteiger partial charge is 0.225 e. The Morgan fingerprint density at radius 2 is 2.11 bits per heavy atom. The molecule has 2 N–H and O–H groups in total. The summed E-state index contributed by atoms with van der Waals surface area (Å²) < 4.78 is 1.87. The summed E-state index contributed by atoms with van der Waals surface area (Å²) in [6.45, 7) is 6.02. The first-order valence-corrected chi connectivity index (χ1v) is 6.55. The molecule has 0 aliphatic rings. The second kappa shape index (κ2) is 7.53. The van der Waals surface area contributed by atoms with Crippen molar-refractivity contribution < 1.29 is 9.90 Å². The third-order valence-corrected chi connectivity index (χ3v) is 2.43. The lowest BCUT2D eigenvalue weighted by atomic mass is 10.3. The summed E-state index contributed by atoms with van der Waals surface area (Å²) in [6.07, 6.45) is 4.51. The topological polar surface area (TPSA) is 66.6 Å². The Morgan fingerprint density at radius 3 is 2.79 bits per heavy atom. The van der Waals surface area contributed by atoms with Crippen LogP contribution < -0.4 is 5.32 Å². The zero-order valence-corrected chi connectivity index (χ0v) is 11.7. The fourth-order valence-electron chi connectivity index (χ4n) is 1.61. The maximum absolute atomic E-state index is 11.4. The third kappa shape index (κ3) is 4.37. The minimum Gasteiger partial charge on any atom is -0.396 e. The Balaban J connectivity index is 0.000000861. The Morgan fingerprint density at radius 1 is 1.37 bits per heavy atom. The number of aliphatic hydroxyl groups is 1. The second-order valence-corrected chi connectivity index (χ2v) is 3.97. The van der Waals surface area contributed by atoms with Crippen LogP contribution in [0.25, 0.3) is 5.65 Å². The van der Waals surface area contributed by atoms with Gasteiger partial charge in [-0.3, -0.25) is 4.79 Å². The molecule has 0 unspecified atom stereocenters. The highest BCUT2D eigenvalue weighted by atomic mass is 16.3. The Bertz CT molecular complexity index is 534. The van der Waals surface area contributed by atoms with E-state index in [1.54, 1.807) is 6.20 Å². The van der Waals surface area contributed by atoms with Gasteiger partial charge in [-0.1, -0.05) is 19.9 Å². The number of aromatic nitrogens is 2. The van der Waals surface area contributed by atoms with Crippen LogP contribution in [-0.4, -0.2) is 27.0 Å². The van der Waals surface area contributed by atoms with Crippen molar-refractivity contribution in [1.29, 1.82) is 0 Å². The zero-order valence-electron chi connectivity index (χ0n) is 11.7. The predicted octanol–water partition coefficient (Wildman–Crippen LogP) is 2.38. The van der Waals surface area contributed by atoms with Crippen LogP contribution in [0.2, 0.25) is 0 Å². The first kappa shape index (κ1) is 15.2. The molecule has 0 atom stereocenters. The zero-order chi connectivity index (χ0) is 14.3. The van der Waals surface area contributed by atoms with Crippen molar-refractivity contribution in [2.75, 3.05) is 11.9 Å². The van der Waals surface area contributed by atoms with Crippen molar-refractivity contribution in [2.24, 2.45) is 0 Å². The van der Waals surface area contributed by atoms with Crippen LogP contribution in [0.5, 0.6) is 0 Å². The molecule has 0 aliphatic heterocycles. The van der Waals surface area contributed by atoms with Gasteiger partial charge in [-0.05, 0) is 25.0 Å². The number of fused-ring (bicyclic) bond motifs is 1. The summed E-state index contributed by atoms with van der Waals surface area (Å²) in [6, 6.07) is 3.87. The van der Waals surface area contributed by atoms with Gasteiger partial charge in [0.1, 0.15) is 5.65 Å². The highest BCUT2D eigenvalue weighted by molar-refractivity contribution is 5.89. The normalized spacial score (nSPS) is 9.89. The number of amides is 1.